The Labute approximate surface area is 118 Å². The predicted octanol–water partition coefficient (Wildman–Crippen LogP) is -0.00500. The van der Waals surface area contributed by atoms with Crippen molar-refractivity contribution < 1.29 is 121 Å². The normalized spacial score (nSPS) is 0. The van der Waals surface area contributed by atoms with Gasteiger partial charge in [-0.25, -0.2) is 0 Å². The number of rotatable bonds is 0. The summed E-state index contributed by atoms with van der Waals surface area (Å²) in [6.45, 7) is 0. The first-order valence-electron chi connectivity index (χ1n) is 0. The average Bonchev–Trinajstić information content (AvgIpc) is 0. The molecule has 0 saturated carbocycles. The zero-order valence-electron chi connectivity index (χ0n) is 1.36. The van der Waals surface area contributed by atoms with Crippen LogP contribution in [0.2, 0.25) is 0 Å². The van der Waals surface area contributed by atoms with Crippen molar-refractivity contribution in [3.05, 3.63) is 0 Å². The molecule has 0 aromatic rings. The summed E-state index contributed by atoms with van der Waals surface area (Å²) in [7, 11) is 0. The van der Waals surface area contributed by atoms with Crippen molar-refractivity contribution in [2.45, 2.75) is 0 Å². The van der Waals surface area contributed by atoms with Crippen LogP contribution in [-0.2, 0) is 33.8 Å². The molecule has 0 spiro atoms. The first-order valence-corrected chi connectivity index (χ1v) is 0. The fourth-order valence-electron chi connectivity index (χ4n) is 0. The third-order valence-electron chi connectivity index (χ3n) is 0. The number of hydrogen-bond acceptors (Lipinski definition) is 0. The zero-order valence-corrected chi connectivity index (χ0v) is 7.84. The van der Waals surface area contributed by atoms with Gasteiger partial charge in [-0.1, -0.05) is 0 Å². The van der Waals surface area contributed by atoms with E-state index in [1.54, 1.807) is 0 Å². The smallest absolute Gasteiger partial charge is 0 e. The van der Waals surface area contributed by atoms with Crippen molar-refractivity contribution >= 4 is 0 Å². The van der Waals surface area contributed by atoms with Crippen molar-refractivity contribution in [3.8, 4) is 0 Å². The summed E-state index contributed by atoms with van der Waals surface area (Å²) in [6.07, 6.45) is 0. The summed E-state index contributed by atoms with van der Waals surface area (Å²) in [5.41, 5.74) is 0. The van der Waals surface area contributed by atoms with Gasteiger partial charge in [0.25, 0.3) is 0 Å². The van der Waals surface area contributed by atoms with E-state index in [2.05, 4.69) is 0 Å². The molecule has 0 aromatic heterocycles. The van der Waals surface area contributed by atoms with E-state index >= 15 is 0 Å². The van der Waals surface area contributed by atoms with E-state index in [0.717, 1.165) is 0 Å². The van der Waals surface area contributed by atoms with Crippen LogP contribution in [0, 0.1) is 87.3 Å². The molecule has 0 N–H and O–H groups in total. The quantitative estimate of drug-likeness (QED) is 0.468. The molecule has 4 heavy (non-hydrogen) atoms. The molecular formula is CoFeSmYb. The van der Waals surface area contributed by atoms with E-state index < -0.39 is 0 Å². The Morgan fingerprint density at radius 1 is 1.00 bits per heavy atom. The molecule has 0 aromatic carbocycles. The largest absolute Gasteiger partial charge is 0 e. The monoisotopic (exact) mass is 441 g/mol. The molecule has 0 unspecified atom stereocenters. The summed E-state index contributed by atoms with van der Waals surface area (Å²) in [5.74, 6) is 0. The molecule has 0 aliphatic carbocycles. The van der Waals surface area contributed by atoms with Crippen LogP contribution in [0.25, 0.3) is 0 Å². The Hall–Kier alpha value is 3.88. The van der Waals surface area contributed by atoms with E-state index in [-0.39, 0.29) is 121 Å². The van der Waals surface area contributed by atoms with E-state index in [1.165, 1.54) is 0 Å². The van der Waals surface area contributed by atoms with E-state index in [9.17, 15) is 0 Å². The van der Waals surface area contributed by atoms with Crippen LogP contribution in [-0.4, -0.2) is 0 Å². The Balaban J connectivity index is 0. The van der Waals surface area contributed by atoms with Crippen molar-refractivity contribution in [2.75, 3.05) is 0 Å². The predicted molar refractivity (Wildman–Crippen MR) is 0 cm³/mol. The molecule has 0 bridgehead atoms. The maximum absolute atomic E-state index is 0. The van der Waals surface area contributed by atoms with Gasteiger partial charge in [-0.2, -0.15) is 0 Å². The Bertz CT molecular complexity index is 8.00. The Kier molecular flexibility index (Phi) is 97.8. The second kappa shape index (κ2) is 15.8. The summed E-state index contributed by atoms with van der Waals surface area (Å²) < 4.78 is 0. The minimum Gasteiger partial charge on any atom is 0 e. The first kappa shape index (κ1) is 24.8. The van der Waals surface area contributed by atoms with Crippen LogP contribution in [0.5, 0.6) is 0 Å². The molecular weight excluding hydrogens is 438 g/mol. The van der Waals surface area contributed by atoms with Gasteiger partial charge in [-0.3, -0.25) is 0 Å². The molecule has 0 nitrogen and oxygen atoms in total. The summed E-state index contributed by atoms with van der Waals surface area (Å²) in [4.78, 5) is 0. The summed E-state index contributed by atoms with van der Waals surface area (Å²) in [5, 5.41) is 0. The third kappa shape index (κ3) is 9.30. The van der Waals surface area contributed by atoms with Gasteiger partial charge in [0.15, 0.2) is 0 Å². The standard InChI is InChI=1S/Co.Fe.Sm.Yb. The molecule has 1 radical (unpaired) electrons. The average molecular weight is 438 g/mol. The van der Waals surface area contributed by atoms with Gasteiger partial charge < -0.3 is 0 Å². The van der Waals surface area contributed by atoms with E-state index in [4.69, 9.17) is 0 Å². The van der Waals surface area contributed by atoms with Crippen LogP contribution in [0.1, 0.15) is 0 Å². The van der Waals surface area contributed by atoms with Crippen molar-refractivity contribution in [3.63, 3.8) is 0 Å². The second-order valence-corrected chi connectivity index (χ2v) is 0. The van der Waals surface area contributed by atoms with Gasteiger partial charge in [0.1, 0.15) is 0 Å². The van der Waals surface area contributed by atoms with Crippen LogP contribution in [0.4, 0.5) is 0 Å². The molecule has 0 saturated heterocycles. The van der Waals surface area contributed by atoms with Crippen LogP contribution < -0.4 is 0 Å². The first-order chi connectivity index (χ1) is 0. The summed E-state index contributed by atoms with van der Waals surface area (Å²) in [6, 6.07) is 0. The molecule has 37 valence electrons. The van der Waals surface area contributed by atoms with Gasteiger partial charge >= 0.3 is 0 Å². The van der Waals surface area contributed by atoms with Gasteiger partial charge in [0.05, 0.1) is 0 Å². The van der Waals surface area contributed by atoms with Crippen molar-refractivity contribution in [2.24, 2.45) is 0 Å². The topological polar surface area (TPSA) is 0 Å². The van der Waals surface area contributed by atoms with Gasteiger partial charge in [-0.15, -0.1) is 0 Å². The third-order valence-corrected chi connectivity index (χ3v) is 0. The second-order valence-electron chi connectivity index (χ2n) is 0. The van der Waals surface area contributed by atoms with Crippen LogP contribution >= 0.6 is 0 Å². The Morgan fingerprint density at radius 2 is 1.00 bits per heavy atom. The van der Waals surface area contributed by atoms with Crippen LogP contribution in [0.3, 0.4) is 0 Å². The van der Waals surface area contributed by atoms with E-state index in [0.29, 0.717) is 0 Å². The molecule has 4 heteroatoms. The van der Waals surface area contributed by atoms with Gasteiger partial charge in [0.2, 0.25) is 0 Å². The maximum atomic E-state index is 0. The van der Waals surface area contributed by atoms with Crippen molar-refractivity contribution in [1.82, 2.24) is 0 Å². The van der Waals surface area contributed by atoms with Crippen molar-refractivity contribution in [1.29, 1.82) is 0 Å². The van der Waals surface area contributed by atoms with Crippen LogP contribution in [0.15, 0.2) is 0 Å². The molecule has 0 heterocycles. The minimum absolute atomic E-state index is 0. The zero-order chi connectivity index (χ0) is 0. The molecule has 0 amide bonds. The molecule has 0 rings (SSSR count). The fourth-order valence-corrected chi connectivity index (χ4v) is 0. The molecule has 0 aliphatic heterocycles. The SMILES string of the molecule is [Co].[Fe].[Sm].[Yb]. The maximum Gasteiger partial charge on any atom is 0 e. The van der Waals surface area contributed by atoms with E-state index in [1.807, 2.05) is 0 Å². The number of hydrogen-bond donors (Lipinski definition) is 0. The van der Waals surface area contributed by atoms with Gasteiger partial charge in [0, 0.05) is 121 Å². The minimum atomic E-state index is 0. The Morgan fingerprint density at radius 3 is 1.00 bits per heavy atom. The van der Waals surface area contributed by atoms with Gasteiger partial charge in [-0.05, 0) is 0 Å². The summed E-state index contributed by atoms with van der Waals surface area (Å²) >= 11 is 0. The molecule has 0 fully saturated rings. The fraction of sp³-hybridized carbons (Fsp3) is 0. The molecule has 0 aliphatic rings. The molecule has 0 atom stereocenters.